The highest BCUT2D eigenvalue weighted by atomic mass is 16.6. The van der Waals surface area contributed by atoms with E-state index >= 15 is 0 Å². The van der Waals surface area contributed by atoms with Crippen LogP contribution in [0.5, 0.6) is 0 Å². The lowest BCUT2D eigenvalue weighted by Gasteiger charge is -2.54. The van der Waals surface area contributed by atoms with Crippen LogP contribution in [0.4, 0.5) is 0 Å². The Balaban J connectivity index is 2.29. The van der Waals surface area contributed by atoms with Crippen molar-refractivity contribution in [1.82, 2.24) is 0 Å². The number of allylic oxidation sites excluding steroid dienone is 1. The van der Waals surface area contributed by atoms with E-state index in [0.717, 1.165) is 25.5 Å². The second-order valence-corrected chi connectivity index (χ2v) is 10.1. The summed E-state index contributed by atoms with van der Waals surface area (Å²) in [6.07, 6.45) is 4.65. The fourth-order valence-corrected chi connectivity index (χ4v) is 5.43. The van der Waals surface area contributed by atoms with Crippen LogP contribution in [-0.4, -0.2) is 23.6 Å². The molecule has 1 aliphatic rings. The van der Waals surface area contributed by atoms with Crippen LogP contribution < -0.4 is 0 Å². The van der Waals surface area contributed by atoms with Crippen LogP contribution in [0, 0.1) is 23.2 Å². The lowest BCUT2D eigenvalue weighted by molar-refractivity contribution is -0.121. The lowest BCUT2D eigenvalue weighted by Crippen LogP contribution is -2.54. The number of carbonyl (C=O) groups is 3. The molecular weight excluding hydrogens is 400 g/mol. The summed E-state index contributed by atoms with van der Waals surface area (Å²) in [4.78, 5) is 37.1. The van der Waals surface area contributed by atoms with Gasteiger partial charge in [-0.1, -0.05) is 59.1 Å². The van der Waals surface area contributed by atoms with Crippen LogP contribution in [0.15, 0.2) is 54.6 Å². The molecule has 0 amide bonds. The van der Waals surface area contributed by atoms with E-state index < -0.39 is 5.60 Å². The van der Waals surface area contributed by atoms with Crippen LogP contribution in [0.2, 0.25) is 0 Å². The molecule has 4 heteroatoms. The molecule has 4 nitrogen and oxygen atoms in total. The normalized spacial score (nSPS) is 26.2. The molecule has 1 aromatic rings. The van der Waals surface area contributed by atoms with Crippen molar-refractivity contribution in [2.45, 2.75) is 72.3 Å². The highest BCUT2D eigenvalue weighted by molar-refractivity contribution is 5.96. The van der Waals surface area contributed by atoms with E-state index in [1.807, 2.05) is 26.8 Å². The molecule has 1 fully saturated rings. The van der Waals surface area contributed by atoms with Crippen LogP contribution in [0.1, 0.15) is 77.1 Å². The van der Waals surface area contributed by atoms with Crippen molar-refractivity contribution in [3.05, 3.63) is 60.2 Å². The number of carbonyl (C=O) groups excluding carboxylic acids is 3. The first-order chi connectivity index (χ1) is 15.0. The van der Waals surface area contributed by atoms with Gasteiger partial charge in [0.15, 0.2) is 5.78 Å². The number of ketones is 1. The third-order valence-corrected chi connectivity index (χ3v) is 7.39. The zero-order chi connectivity index (χ0) is 24.1. The van der Waals surface area contributed by atoms with E-state index in [4.69, 9.17) is 4.74 Å². The molecule has 0 bridgehead atoms. The van der Waals surface area contributed by atoms with Crippen molar-refractivity contribution in [3.63, 3.8) is 0 Å². The Morgan fingerprint density at radius 1 is 1.12 bits per heavy atom. The average molecular weight is 439 g/mol. The summed E-state index contributed by atoms with van der Waals surface area (Å²) < 4.78 is 6.11. The Bertz CT molecular complexity index is 869. The summed E-state index contributed by atoms with van der Waals surface area (Å²) >= 11 is 0. The maximum atomic E-state index is 12.9. The van der Waals surface area contributed by atoms with Gasteiger partial charge in [-0.05, 0) is 73.6 Å². The molecule has 0 N–H and O–H groups in total. The number of aldehydes is 1. The standard InChI is InChI=1S/C28H38O4/c1-19(2)24(30)20(3)14-15-22(5)27(6)16-11-17-28(7,25(27)21(4)18-29)32-26(31)23-12-9-8-10-13-23/h8-10,12-13,18-19,22,25H,3-4,11,14-17H2,1-2,5-7H3/t22?,25?,27-,28+/m0/s1. The molecule has 0 aliphatic heterocycles. The van der Waals surface area contributed by atoms with E-state index in [-0.39, 0.29) is 34.9 Å². The van der Waals surface area contributed by atoms with Gasteiger partial charge < -0.3 is 4.74 Å². The Kier molecular flexibility index (Phi) is 8.39. The molecule has 1 saturated carbocycles. The molecule has 0 saturated heterocycles. The summed E-state index contributed by atoms with van der Waals surface area (Å²) in [7, 11) is 0. The van der Waals surface area contributed by atoms with Crippen molar-refractivity contribution in [3.8, 4) is 0 Å². The van der Waals surface area contributed by atoms with Crippen molar-refractivity contribution in [2.75, 3.05) is 0 Å². The van der Waals surface area contributed by atoms with Crippen molar-refractivity contribution < 1.29 is 19.1 Å². The molecule has 174 valence electrons. The minimum atomic E-state index is -0.836. The van der Waals surface area contributed by atoms with Crippen molar-refractivity contribution >= 4 is 18.0 Å². The molecule has 0 aromatic heterocycles. The molecular formula is C28H38O4. The van der Waals surface area contributed by atoms with E-state index in [2.05, 4.69) is 27.0 Å². The maximum Gasteiger partial charge on any atom is 0.338 e. The number of hydrogen-bond donors (Lipinski definition) is 0. The van der Waals surface area contributed by atoms with Gasteiger partial charge in [-0.15, -0.1) is 0 Å². The van der Waals surface area contributed by atoms with Crippen LogP contribution in [0.3, 0.4) is 0 Å². The minimum absolute atomic E-state index is 0.0636. The monoisotopic (exact) mass is 438 g/mol. The first kappa shape index (κ1) is 25.8. The lowest BCUT2D eigenvalue weighted by atomic mass is 9.53. The zero-order valence-corrected chi connectivity index (χ0v) is 20.3. The zero-order valence-electron chi connectivity index (χ0n) is 20.3. The summed E-state index contributed by atoms with van der Waals surface area (Å²) in [6, 6.07) is 8.93. The van der Waals surface area contributed by atoms with E-state index in [9.17, 15) is 14.4 Å². The van der Waals surface area contributed by atoms with Crippen LogP contribution in [0.25, 0.3) is 0 Å². The second kappa shape index (κ2) is 10.4. The van der Waals surface area contributed by atoms with Crippen LogP contribution >= 0.6 is 0 Å². The highest BCUT2D eigenvalue weighted by Gasteiger charge is 2.54. The topological polar surface area (TPSA) is 60.4 Å². The van der Waals surface area contributed by atoms with E-state index in [0.29, 0.717) is 29.6 Å². The first-order valence-corrected chi connectivity index (χ1v) is 11.6. The Labute approximate surface area is 193 Å². The molecule has 0 spiro atoms. The number of ether oxygens (including phenoxy) is 1. The Hall–Kier alpha value is -2.49. The molecule has 2 rings (SSSR count). The average Bonchev–Trinajstić information content (AvgIpc) is 2.76. The van der Waals surface area contributed by atoms with Gasteiger partial charge in [0, 0.05) is 11.8 Å². The molecule has 4 atom stereocenters. The number of rotatable bonds is 10. The molecule has 2 unspecified atom stereocenters. The maximum absolute atomic E-state index is 12.9. The van der Waals surface area contributed by atoms with Gasteiger partial charge in [0.1, 0.15) is 11.9 Å². The molecule has 0 heterocycles. The number of benzene rings is 1. The fraction of sp³-hybridized carbons (Fsp3) is 0.536. The quantitative estimate of drug-likeness (QED) is 0.242. The summed E-state index contributed by atoms with van der Waals surface area (Å²) in [5, 5.41) is 0. The Morgan fingerprint density at radius 2 is 1.75 bits per heavy atom. The number of esters is 1. The fourth-order valence-electron chi connectivity index (χ4n) is 5.43. The molecule has 1 aromatic carbocycles. The summed E-state index contributed by atoms with van der Waals surface area (Å²) in [6.45, 7) is 18.1. The smallest absolute Gasteiger partial charge is 0.338 e. The summed E-state index contributed by atoms with van der Waals surface area (Å²) in [5.74, 6) is -0.480. The van der Waals surface area contributed by atoms with Crippen LogP contribution in [-0.2, 0) is 14.3 Å². The van der Waals surface area contributed by atoms with Gasteiger partial charge in [-0.3, -0.25) is 9.59 Å². The predicted molar refractivity (Wildman–Crippen MR) is 128 cm³/mol. The first-order valence-electron chi connectivity index (χ1n) is 11.6. The number of Topliss-reactive ketones (excluding diaryl/α,β-unsaturated/α-hetero) is 1. The second-order valence-electron chi connectivity index (χ2n) is 10.1. The molecule has 32 heavy (non-hydrogen) atoms. The van der Waals surface area contributed by atoms with E-state index in [1.54, 1.807) is 24.3 Å². The van der Waals surface area contributed by atoms with Gasteiger partial charge in [-0.2, -0.15) is 0 Å². The van der Waals surface area contributed by atoms with Gasteiger partial charge in [0.2, 0.25) is 0 Å². The summed E-state index contributed by atoms with van der Waals surface area (Å²) in [5.41, 5.74) is 0.461. The SMILES string of the molecule is C=C(CCC(C)[C@]1(C)CCC[C@@](C)(OC(=O)c2ccccc2)C1C(=C)C=O)C(=O)C(C)C. The molecule has 1 aliphatic carbocycles. The number of hydrogen-bond acceptors (Lipinski definition) is 4. The third kappa shape index (κ3) is 5.46. The van der Waals surface area contributed by atoms with Gasteiger partial charge in [0.05, 0.1) is 5.56 Å². The minimum Gasteiger partial charge on any atom is -0.455 e. The molecule has 0 radical (unpaired) electrons. The van der Waals surface area contributed by atoms with Crippen molar-refractivity contribution in [2.24, 2.45) is 23.2 Å². The Morgan fingerprint density at radius 3 is 2.31 bits per heavy atom. The van der Waals surface area contributed by atoms with Gasteiger partial charge in [-0.25, -0.2) is 4.79 Å². The van der Waals surface area contributed by atoms with E-state index in [1.165, 1.54) is 0 Å². The van der Waals surface area contributed by atoms with Gasteiger partial charge in [0.25, 0.3) is 0 Å². The highest BCUT2D eigenvalue weighted by Crippen LogP contribution is 2.55. The largest absolute Gasteiger partial charge is 0.455 e. The predicted octanol–water partition coefficient (Wildman–Crippen LogP) is 6.36. The van der Waals surface area contributed by atoms with Gasteiger partial charge >= 0.3 is 5.97 Å². The van der Waals surface area contributed by atoms with Crippen molar-refractivity contribution in [1.29, 1.82) is 0 Å². The third-order valence-electron chi connectivity index (χ3n) is 7.39.